The van der Waals surface area contributed by atoms with E-state index in [0.29, 0.717) is 10.0 Å². The van der Waals surface area contributed by atoms with Crippen LogP contribution in [0.2, 0.25) is 0 Å². The maximum absolute atomic E-state index is 12.6. The standard InChI is InChI=1S/C19H11Br2NO/c20-13-6-8-17-12(10-13)11-15-18(9-7-16(21)19(15)23)22(17)14-4-2-1-3-5-14/h1-11H. The molecular weight excluding hydrogens is 418 g/mol. The Balaban J connectivity index is 2.24. The number of halogens is 2. The van der Waals surface area contributed by atoms with E-state index in [0.717, 1.165) is 26.8 Å². The van der Waals surface area contributed by atoms with Gasteiger partial charge in [0.05, 0.1) is 15.7 Å². The van der Waals surface area contributed by atoms with E-state index in [-0.39, 0.29) is 5.43 Å². The van der Waals surface area contributed by atoms with E-state index in [9.17, 15) is 4.79 Å². The molecule has 0 spiro atoms. The fourth-order valence-electron chi connectivity index (χ4n) is 2.88. The first kappa shape index (κ1) is 14.7. The van der Waals surface area contributed by atoms with Crippen molar-refractivity contribution >= 4 is 42.8 Å². The van der Waals surface area contributed by atoms with Crippen molar-refractivity contribution in [2.24, 2.45) is 0 Å². The van der Waals surface area contributed by atoms with E-state index in [1.165, 1.54) is 0 Å². The molecule has 1 aliphatic heterocycles. The van der Waals surface area contributed by atoms with Gasteiger partial charge < -0.3 is 4.57 Å². The normalized spacial score (nSPS) is 11.2. The van der Waals surface area contributed by atoms with Gasteiger partial charge >= 0.3 is 0 Å². The Hall–Kier alpha value is -1.91. The van der Waals surface area contributed by atoms with Gasteiger partial charge in [-0.2, -0.15) is 0 Å². The van der Waals surface area contributed by atoms with Gasteiger partial charge in [-0.1, -0.05) is 34.1 Å². The van der Waals surface area contributed by atoms with Crippen LogP contribution in [0.5, 0.6) is 0 Å². The average Bonchev–Trinajstić information content (AvgIpc) is 2.57. The van der Waals surface area contributed by atoms with Crippen LogP contribution in [0.1, 0.15) is 0 Å². The molecule has 112 valence electrons. The number of nitrogens with zero attached hydrogens (tertiary/aromatic N) is 1. The Kier molecular flexibility index (Phi) is 3.58. The van der Waals surface area contributed by atoms with Gasteiger partial charge in [0.1, 0.15) is 0 Å². The summed E-state index contributed by atoms with van der Waals surface area (Å²) < 4.78 is 3.70. The first-order valence-electron chi connectivity index (χ1n) is 7.14. The highest BCUT2D eigenvalue weighted by molar-refractivity contribution is 9.10. The summed E-state index contributed by atoms with van der Waals surface area (Å²) in [6.07, 6.45) is 0. The first-order chi connectivity index (χ1) is 11.1. The topological polar surface area (TPSA) is 22.0 Å². The van der Waals surface area contributed by atoms with Crippen molar-refractivity contribution in [1.29, 1.82) is 0 Å². The maximum atomic E-state index is 12.6. The summed E-state index contributed by atoms with van der Waals surface area (Å²) in [7, 11) is 0. The van der Waals surface area contributed by atoms with Crippen molar-refractivity contribution < 1.29 is 0 Å². The molecule has 0 fully saturated rings. The van der Waals surface area contributed by atoms with Crippen LogP contribution in [0, 0.1) is 0 Å². The van der Waals surface area contributed by atoms with Crippen molar-refractivity contribution in [2.45, 2.75) is 0 Å². The van der Waals surface area contributed by atoms with Crippen LogP contribution in [0.15, 0.2) is 80.5 Å². The minimum atomic E-state index is 0.00839. The highest BCUT2D eigenvalue weighted by Crippen LogP contribution is 2.32. The van der Waals surface area contributed by atoms with E-state index in [2.05, 4.69) is 42.5 Å². The number of pyridine rings is 1. The minimum Gasteiger partial charge on any atom is -0.309 e. The molecule has 2 aromatic rings. The number of fused-ring (bicyclic) bond motifs is 2. The first-order valence-corrected chi connectivity index (χ1v) is 8.73. The summed E-state index contributed by atoms with van der Waals surface area (Å²) in [6, 6.07) is 22.0. The van der Waals surface area contributed by atoms with Crippen molar-refractivity contribution in [3.63, 3.8) is 0 Å². The zero-order valence-electron chi connectivity index (χ0n) is 12.0. The van der Waals surface area contributed by atoms with E-state index in [1.54, 1.807) is 0 Å². The van der Waals surface area contributed by atoms with Gasteiger partial charge in [-0.3, -0.25) is 4.79 Å². The fraction of sp³-hybridized carbons (Fsp3) is 0. The Morgan fingerprint density at radius 3 is 2.39 bits per heavy atom. The quantitative estimate of drug-likeness (QED) is 0.360. The SMILES string of the molecule is O=c1c(Br)ccc2n(-c3ccccc3)c3ccc(Br)cc3cc1-2. The zero-order chi connectivity index (χ0) is 16.0. The zero-order valence-corrected chi connectivity index (χ0v) is 15.1. The van der Waals surface area contributed by atoms with Crippen molar-refractivity contribution in [3.8, 4) is 16.9 Å². The second-order valence-electron chi connectivity index (χ2n) is 5.33. The summed E-state index contributed by atoms with van der Waals surface area (Å²) in [4.78, 5) is 12.6. The number of para-hydroxylation sites is 1. The summed E-state index contributed by atoms with van der Waals surface area (Å²) in [5.74, 6) is 0. The third kappa shape index (κ3) is 2.42. The summed E-state index contributed by atoms with van der Waals surface area (Å²) in [5.41, 5.74) is 3.71. The lowest BCUT2D eigenvalue weighted by Gasteiger charge is -2.19. The Labute approximate surface area is 150 Å². The molecule has 4 rings (SSSR count). The van der Waals surface area contributed by atoms with Gasteiger partial charge in [0.15, 0.2) is 0 Å². The van der Waals surface area contributed by atoms with Crippen LogP contribution >= 0.6 is 31.9 Å². The van der Waals surface area contributed by atoms with E-state index < -0.39 is 0 Å². The van der Waals surface area contributed by atoms with Gasteiger partial charge in [0.25, 0.3) is 0 Å². The Morgan fingerprint density at radius 1 is 0.826 bits per heavy atom. The van der Waals surface area contributed by atoms with Gasteiger partial charge in [0, 0.05) is 21.1 Å². The smallest absolute Gasteiger partial charge is 0.202 e. The van der Waals surface area contributed by atoms with Crippen molar-refractivity contribution in [1.82, 2.24) is 4.57 Å². The molecule has 2 aromatic carbocycles. The molecule has 2 aliphatic rings. The second-order valence-corrected chi connectivity index (χ2v) is 7.10. The molecule has 1 heterocycles. The lowest BCUT2D eigenvalue weighted by Crippen LogP contribution is -2.12. The summed E-state index contributed by atoms with van der Waals surface area (Å²) >= 11 is 6.86. The van der Waals surface area contributed by atoms with Crippen molar-refractivity contribution in [2.75, 3.05) is 0 Å². The highest BCUT2D eigenvalue weighted by atomic mass is 79.9. The van der Waals surface area contributed by atoms with E-state index in [1.807, 2.05) is 60.7 Å². The van der Waals surface area contributed by atoms with Gasteiger partial charge in [0.2, 0.25) is 5.43 Å². The molecule has 0 saturated heterocycles. The largest absolute Gasteiger partial charge is 0.309 e. The lowest BCUT2D eigenvalue weighted by atomic mass is 10.0. The number of benzene rings is 3. The van der Waals surface area contributed by atoms with Crippen LogP contribution in [0.4, 0.5) is 0 Å². The van der Waals surface area contributed by atoms with E-state index >= 15 is 0 Å². The molecule has 0 atom stereocenters. The molecule has 0 unspecified atom stereocenters. The molecule has 1 aliphatic carbocycles. The minimum absolute atomic E-state index is 0.00839. The van der Waals surface area contributed by atoms with Crippen LogP contribution < -0.4 is 5.43 Å². The number of aromatic nitrogens is 1. The van der Waals surface area contributed by atoms with Gasteiger partial charge in [-0.05, 0) is 64.5 Å². The summed E-state index contributed by atoms with van der Waals surface area (Å²) in [5, 5.41) is 1.02. The second kappa shape index (κ2) is 5.62. The predicted octanol–water partition coefficient (Wildman–Crippen LogP) is 5.62. The molecule has 4 heteroatoms. The Morgan fingerprint density at radius 2 is 1.61 bits per heavy atom. The third-order valence-electron chi connectivity index (χ3n) is 3.91. The number of rotatable bonds is 1. The number of hydrogen-bond donors (Lipinski definition) is 0. The molecular formula is C19H11Br2NO. The van der Waals surface area contributed by atoms with Crippen LogP contribution in [-0.4, -0.2) is 4.57 Å². The molecule has 0 bridgehead atoms. The summed E-state index contributed by atoms with van der Waals surface area (Å²) in [6.45, 7) is 0. The molecule has 0 amide bonds. The van der Waals surface area contributed by atoms with Gasteiger partial charge in [-0.25, -0.2) is 0 Å². The molecule has 0 aromatic heterocycles. The fourth-order valence-corrected chi connectivity index (χ4v) is 3.61. The Bertz CT molecular complexity index is 1050. The third-order valence-corrected chi connectivity index (χ3v) is 5.03. The van der Waals surface area contributed by atoms with Gasteiger partial charge in [-0.15, -0.1) is 0 Å². The molecule has 0 N–H and O–H groups in total. The molecule has 23 heavy (non-hydrogen) atoms. The average molecular weight is 429 g/mol. The highest BCUT2D eigenvalue weighted by Gasteiger charge is 2.16. The van der Waals surface area contributed by atoms with Crippen molar-refractivity contribution in [3.05, 3.63) is 85.9 Å². The van der Waals surface area contributed by atoms with Crippen LogP contribution in [0.3, 0.4) is 0 Å². The molecule has 2 nitrogen and oxygen atoms in total. The van der Waals surface area contributed by atoms with E-state index in [4.69, 9.17) is 0 Å². The maximum Gasteiger partial charge on any atom is 0.202 e. The molecule has 0 radical (unpaired) electrons. The monoisotopic (exact) mass is 427 g/mol. The van der Waals surface area contributed by atoms with Crippen LogP contribution in [-0.2, 0) is 0 Å². The lowest BCUT2D eigenvalue weighted by molar-refractivity contribution is 1.10. The van der Waals surface area contributed by atoms with Crippen LogP contribution in [0.25, 0.3) is 27.8 Å². The number of hydrogen-bond acceptors (Lipinski definition) is 1. The predicted molar refractivity (Wildman–Crippen MR) is 102 cm³/mol. The molecule has 0 saturated carbocycles.